The summed E-state index contributed by atoms with van der Waals surface area (Å²) in [6, 6.07) is 6.17. The second kappa shape index (κ2) is 9.11. The number of hydrogen-bond donors (Lipinski definition) is 2. The topological polar surface area (TPSA) is 66.5 Å². The maximum Gasteiger partial charge on any atom is 0.225 e. The molecule has 2 atom stereocenters. The van der Waals surface area contributed by atoms with E-state index in [0.717, 1.165) is 51.1 Å². The first-order valence-corrected chi connectivity index (χ1v) is 9.05. The first-order chi connectivity index (χ1) is 11.8. The Balaban J connectivity index is 1.68. The number of rotatable bonds is 5. The van der Waals surface area contributed by atoms with Crippen LogP contribution in [0, 0.1) is 0 Å². The Labute approximate surface area is 144 Å². The molecular formula is C18H28N4O2. The molecule has 2 N–H and O–H groups in total. The van der Waals surface area contributed by atoms with Crippen molar-refractivity contribution in [2.75, 3.05) is 32.8 Å². The monoisotopic (exact) mass is 332 g/mol. The fourth-order valence-electron chi connectivity index (χ4n) is 3.46. The van der Waals surface area contributed by atoms with Gasteiger partial charge in [-0.25, -0.2) is 0 Å². The first kappa shape index (κ1) is 17.3. The third-order valence-electron chi connectivity index (χ3n) is 4.77. The lowest BCUT2D eigenvalue weighted by Gasteiger charge is -2.33. The van der Waals surface area contributed by atoms with Gasteiger partial charge in [0.1, 0.15) is 0 Å². The molecule has 2 fully saturated rings. The van der Waals surface area contributed by atoms with Crippen molar-refractivity contribution in [2.24, 2.45) is 0 Å². The van der Waals surface area contributed by atoms with Gasteiger partial charge in [-0.2, -0.15) is 0 Å². The molecular weight excluding hydrogens is 304 g/mol. The van der Waals surface area contributed by atoms with Crippen molar-refractivity contribution in [1.29, 1.82) is 0 Å². The van der Waals surface area contributed by atoms with Crippen LogP contribution in [-0.4, -0.2) is 60.7 Å². The lowest BCUT2D eigenvalue weighted by Crippen LogP contribution is -2.45. The van der Waals surface area contributed by atoms with Crippen LogP contribution in [0.1, 0.15) is 31.4 Å². The molecule has 2 saturated heterocycles. The predicted molar refractivity (Wildman–Crippen MR) is 92.5 cm³/mol. The van der Waals surface area contributed by atoms with Crippen LogP contribution in [0.25, 0.3) is 0 Å². The van der Waals surface area contributed by atoms with Crippen molar-refractivity contribution in [2.45, 2.75) is 44.4 Å². The second-order valence-corrected chi connectivity index (χ2v) is 6.58. The van der Waals surface area contributed by atoms with E-state index >= 15 is 0 Å². The molecule has 2 aliphatic rings. The summed E-state index contributed by atoms with van der Waals surface area (Å²) in [5.74, 6) is 0.182. The minimum atomic E-state index is -0.0126. The quantitative estimate of drug-likeness (QED) is 0.840. The number of hydrogen-bond acceptors (Lipinski definition) is 5. The van der Waals surface area contributed by atoms with Crippen molar-refractivity contribution < 1.29 is 9.53 Å². The van der Waals surface area contributed by atoms with Crippen LogP contribution in [0.2, 0.25) is 0 Å². The largest absolute Gasteiger partial charge is 0.375 e. The molecule has 24 heavy (non-hydrogen) atoms. The number of pyridine rings is 1. The first-order valence-electron chi connectivity index (χ1n) is 9.05. The van der Waals surface area contributed by atoms with Gasteiger partial charge in [0, 0.05) is 25.3 Å². The number of aromatic nitrogens is 1. The van der Waals surface area contributed by atoms with Gasteiger partial charge in [-0.1, -0.05) is 6.07 Å². The molecule has 0 aromatic carbocycles. The molecule has 1 aromatic heterocycles. The third-order valence-corrected chi connectivity index (χ3v) is 4.77. The van der Waals surface area contributed by atoms with E-state index in [2.05, 4.69) is 15.6 Å². The van der Waals surface area contributed by atoms with Crippen molar-refractivity contribution in [3.05, 3.63) is 30.1 Å². The Bertz CT molecular complexity index is 497. The summed E-state index contributed by atoms with van der Waals surface area (Å²) < 4.78 is 5.72. The van der Waals surface area contributed by atoms with Crippen molar-refractivity contribution in [1.82, 2.24) is 20.5 Å². The van der Waals surface area contributed by atoms with Crippen LogP contribution >= 0.6 is 0 Å². The Morgan fingerprint density at radius 1 is 1.25 bits per heavy atom. The van der Waals surface area contributed by atoms with E-state index in [0.29, 0.717) is 19.6 Å². The summed E-state index contributed by atoms with van der Waals surface area (Å²) in [7, 11) is 0. The van der Waals surface area contributed by atoms with Crippen LogP contribution in [0.15, 0.2) is 24.4 Å². The van der Waals surface area contributed by atoms with Crippen LogP contribution < -0.4 is 10.6 Å². The zero-order chi connectivity index (χ0) is 16.6. The lowest BCUT2D eigenvalue weighted by atomic mass is 10.1. The van der Waals surface area contributed by atoms with E-state index in [-0.39, 0.29) is 18.1 Å². The number of ether oxygens (including phenoxy) is 1. The molecule has 0 saturated carbocycles. The van der Waals surface area contributed by atoms with Gasteiger partial charge in [-0.3, -0.25) is 9.78 Å². The number of carbonyl (C=O) groups excluding carboxylic acids is 1. The second-order valence-electron chi connectivity index (χ2n) is 6.58. The smallest absolute Gasteiger partial charge is 0.225 e. The van der Waals surface area contributed by atoms with E-state index in [9.17, 15) is 4.79 Å². The normalized spacial score (nSPS) is 25.0. The van der Waals surface area contributed by atoms with Crippen molar-refractivity contribution in [3.63, 3.8) is 0 Å². The molecule has 6 nitrogen and oxygen atoms in total. The standard InChI is InChI=1S/C18H28N4O2/c23-18(12-17-13-20-10-11-24-17)22(14-15-4-1-2-8-21-15)16-5-3-7-19-9-6-16/h1-2,4,8,16-17,19-20H,3,5-7,9-14H2/t16-,17-/m0/s1. The zero-order valence-corrected chi connectivity index (χ0v) is 14.2. The summed E-state index contributed by atoms with van der Waals surface area (Å²) in [5, 5.41) is 6.73. The van der Waals surface area contributed by atoms with Gasteiger partial charge in [0.15, 0.2) is 0 Å². The van der Waals surface area contributed by atoms with Gasteiger partial charge in [0.2, 0.25) is 5.91 Å². The maximum atomic E-state index is 13.0. The minimum Gasteiger partial charge on any atom is -0.375 e. The summed E-state index contributed by atoms with van der Waals surface area (Å²) in [6.45, 7) is 4.91. The van der Waals surface area contributed by atoms with Crippen LogP contribution in [-0.2, 0) is 16.1 Å². The summed E-state index contributed by atoms with van der Waals surface area (Å²) in [4.78, 5) is 19.4. The molecule has 132 valence electrons. The molecule has 2 aliphatic heterocycles. The highest BCUT2D eigenvalue weighted by atomic mass is 16.5. The van der Waals surface area contributed by atoms with E-state index in [1.165, 1.54) is 0 Å². The molecule has 0 radical (unpaired) electrons. The van der Waals surface area contributed by atoms with E-state index in [1.54, 1.807) is 6.20 Å². The molecule has 0 spiro atoms. The van der Waals surface area contributed by atoms with Gasteiger partial charge in [0.25, 0.3) is 0 Å². The molecule has 0 aliphatic carbocycles. The number of morpholine rings is 1. The highest BCUT2D eigenvalue weighted by Gasteiger charge is 2.27. The van der Waals surface area contributed by atoms with Crippen LogP contribution in [0.3, 0.4) is 0 Å². The Morgan fingerprint density at radius 2 is 2.21 bits per heavy atom. The molecule has 1 aromatic rings. The van der Waals surface area contributed by atoms with Crippen molar-refractivity contribution in [3.8, 4) is 0 Å². The van der Waals surface area contributed by atoms with E-state index < -0.39 is 0 Å². The molecule has 3 heterocycles. The third kappa shape index (κ3) is 5.00. The number of nitrogens with zero attached hydrogens (tertiary/aromatic N) is 2. The Kier molecular flexibility index (Phi) is 6.57. The summed E-state index contributed by atoms with van der Waals surface area (Å²) in [5.41, 5.74) is 0.950. The van der Waals surface area contributed by atoms with E-state index in [4.69, 9.17) is 4.74 Å². The Hall–Kier alpha value is -1.50. The number of amides is 1. The fraction of sp³-hybridized carbons (Fsp3) is 0.667. The lowest BCUT2D eigenvalue weighted by molar-refractivity contribution is -0.138. The van der Waals surface area contributed by atoms with Gasteiger partial charge < -0.3 is 20.3 Å². The SMILES string of the molecule is O=C(C[C@H]1CNCCO1)N(Cc1ccccn1)[C@H]1CCCNCC1. The summed E-state index contributed by atoms with van der Waals surface area (Å²) in [6.07, 6.45) is 5.39. The van der Waals surface area contributed by atoms with Crippen LogP contribution in [0.4, 0.5) is 0 Å². The van der Waals surface area contributed by atoms with Gasteiger partial charge in [0.05, 0.1) is 31.4 Å². The van der Waals surface area contributed by atoms with E-state index in [1.807, 2.05) is 23.1 Å². The Morgan fingerprint density at radius 3 is 3.00 bits per heavy atom. The molecule has 0 unspecified atom stereocenters. The molecule has 1 amide bonds. The fourth-order valence-corrected chi connectivity index (χ4v) is 3.46. The van der Waals surface area contributed by atoms with Gasteiger partial charge >= 0.3 is 0 Å². The van der Waals surface area contributed by atoms with Gasteiger partial charge in [-0.05, 0) is 44.5 Å². The average molecular weight is 332 g/mol. The zero-order valence-electron chi connectivity index (χ0n) is 14.2. The van der Waals surface area contributed by atoms with Crippen LogP contribution in [0.5, 0.6) is 0 Å². The molecule has 0 bridgehead atoms. The molecule has 3 rings (SSSR count). The van der Waals surface area contributed by atoms with Crippen molar-refractivity contribution >= 4 is 5.91 Å². The highest BCUT2D eigenvalue weighted by molar-refractivity contribution is 5.77. The number of nitrogens with one attached hydrogen (secondary N) is 2. The van der Waals surface area contributed by atoms with Gasteiger partial charge in [-0.15, -0.1) is 0 Å². The summed E-state index contributed by atoms with van der Waals surface area (Å²) >= 11 is 0. The number of carbonyl (C=O) groups is 1. The minimum absolute atomic E-state index is 0.0126. The highest BCUT2D eigenvalue weighted by Crippen LogP contribution is 2.18. The molecule has 6 heteroatoms. The predicted octanol–water partition coefficient (Wildman–Crippen LogP) is 0.931. The maximum absolute atomic E-state index is 13.0. The average Bonchev–Trinajstić information content (AvgIpc) is 2.90.